The van der Waals surface area contributed by atoms with Crippen molar-refractivity contribution in [3.05, 3.63) is 53.3 Å². The maximum Gasteiger partial charge on any atom is 0.195 e. The van der Waals surface area contributed by atoms with E-state index in [-0.39, 0.29) is 12.4 Å². The highest BCUT2D eigenvalue weighted by Gasteiger charge is 2.07. The predicted octanol–water partition coefficient (Wildman–Crippen LogP) is 3.18. The molecule has 2 N–H and O–H groups in total. The monoisotopic (exact) mass is 361 g/mol. The van der Waals surface area contributed by atoms with Gasteiger partial charge < -0.3 is 24.8 Å². The Morgan fingerprint density at radius 1 is 1.04 bits per heavy atom. The molecule has 0 aromatic heterocycles. The van der Waals surface area contributed by atoms with E-state index >= 15 is 0 Å². The van der Waals surface area contributed by atoms with Crippen molar-refractivity contribution in [2.75, 3.05) is 33.7 Å². The van der Waals surface area contributed by atoms with Crippen LogP contribution in [0.1, 0.15) is 11.1 Å². The first-order valence-electron chi connectivity index (χ1n) is 8.07. The highest BCUT2D eigenvalue weighted by Crippen LogP contribution is 2.29. The number of aliphatic imine (C=N–C) groups is 1. The molecule has 0 bridgehead atoms. The molecule has 0 aliphatic rings. The van der Waals surface area contributed by atoms with E-state index in [1.807, 2.05) is 18.2 Å². The van der Waals surface area contributed by atoms with Gasteiger partial charge in [0.2, 0.25) is 0 Å². The first-order valence-corrected chi connectivity index (χ1v) is 8.07. The van der Waals surface area contributed by atoms with Crippen LogP contribution in [0.4, 0.5) is 10.1 Å². The largest absolute Gasteiger partial charge is 0.493 e. The fourth-order valence-corrected chi connectivity index (χ4v) is 2.42. The van der Waals surface area contributed by atoms with Crippen LogP contribution in [-0.4, -0.2) is 34.3 Å². The van der Waals surface area contributed by atoms with Crippen molar-refractivity contribution in [2.24, 2.45) is 4.99 Å². The van der Waals surface area contributed by atoms with E-state index in [0.29, 0.717) is 29.6 Å². The van der Waals surface area contributed by atoms with Crippen LogP contribution in [0, 0.1) is 5.82 Å². The number of halogens is 1. The summed E-state index contributed by atoms with van der Waals surface area (Å²) in [5, 5.41) is 6.37. The van der Waals surface area contributed by atoms with Crippen LogP contribution in [0.2, 0.25) is 0 Å². The molecule has 0 aliphatic carbocycles. The number of guanidine groups is 1. The Morgan fingerprint density at radius 3 is 2.46 bits per heavy atom. The summed E-state index contributed by atoms with van der Waals surface area (Å²) in [6.45, 7) is 0.724. The first-order chi connectivity index (χ1) is 12.6. The van der Waals surface area contributed by atoms with Crippen LogP contribution in [0.5, 0.6) is 11.5 Å². The highest BCUT2D eigenvalue weighted by molar-refractivity contribution is 5.93. The van der Waals surface area contributed by atoms with Gasteiger partial charge in [-0.05, 0) is 29.8 Å². The average molecular weight is 361 g/mol. The molecule has 0 atom stereocenters. The zero-order chi connectivity index (χ0) is 18.9. The standard InChI is InChI=1S/C19H24FN3O3/c1-21-19(23-15-6-8-17(25-3)18(10-15)26-4)22-11-13-5-7-16(20)14(9-13)12-24-2/h5-10H,11-12H2,1-4H3,(H2,21,22,23). The Morgan fingerprint density at radius 2 is 1.81 bits per heavy atom. The predicted molar refractivity (Wildman–Crippen MR) is 100 cm³/mol. The van der Waals surface area contributed by atoms with Gasteiger partial charge in [0, 0.05) is 38.0 Å². The molecule has 0 radical (unpaired) electrons. The van der Waals surface area contributed by atoms with E-state index in [2.05, 4.69) is 15.6 Å². The fourth-order valence-electron chi connectivity index (χ4n) is 2.42. The lowest BCUT2D eigenvalue weighted by atomic mass is 10.1. The van der Waals surface area contributed by atoms with Crippen molar-refractivity contribution in [1.29, 1.82) is 0 Å². The average Bonchev–Trinajstić information content (AvgIpc) is 2.67. The molecule has 2 aromatic rings. The third kappa shape index (κ3) is 5.10. The molecule has 0 fully saturated rings. The third-order valence-electron chi connectivity index (χ3n) is 3.74. The first kappa shape index (κ1) is 19.5. The molecule has 2 aromatic carbocycles. The third-order valence-corrected chi connectivity index (χ3v) is 3.74. The van der Waals surface area contributed by atoms with E-state index in [9.17, 15) is 4.39 Å². The lowest BCUT2D eigenvalue weighted by Crippen LogP contribution is -2.30. The molecule has 6 nitrogen and oxygen atoms in total. The van der Waals surface area contributed by atoms with Crippen LogP contribution < -0.4 is 20.1 Å². The highest BCUT2D eigenvalue weighted by atomic mass is 19.1. The second kappa shape index (κ2) is 9.62. The summed E-state index contributed by atoms with van der Waals surface area (Å²) in [6.07, 6.45) is 0. The van der Waals surface area contributed by atoms with Crippen LogP contribution in [0.25, 0.3) is 0 Å². The van der Waals surface area contributed by atoms with Crippen molar-refractivity contribution in [3.8, 4) is 11.5 Å². The van der Waals surface area contributed by atoms with E-state index in [1.54, 1.807) is 40.5 Å². The maximum absolute atomic E-state index is 13.7. The van der Waals surface area contributed by atoms with E-state index in [4.69, 9.17) is 14.2 Å². The summed E-state index contributed by atoms with van der Waals surface area (Å²) in [5.74, 6) is 1.58. The molecular formula is C19H24FN3O3. The Bertz CT molecular complexity index is 766. The van der Waals surface area contributed by atoms with E-state index < -0.39 is 0 Å². The SMILES string of the molecule is CN=C(NCc1ccc(F)c(COC)c1)Nc1ccc(OC)c(OC)c1. The zero-order valence-corrected chi connectivity index (χ0v) is 15.4. The molecule has 0 unspecified atom stereocenters. The topological polar surface area (TPSA) is 64.1 Å². The minimum atomic E-state index is -0.275. The number of anilines is 1. The number of benzene rings is 2. The van der Waals surface area contributed by atoms with Crippen LogP contribution in [0.15, 0.2) is 41.4 Å². The number of nitrogens with zero attached hydrogens (tertiary/aromatic N) is 1. The van der Waals surface area contributed by atoms with Crippen molar-refractivity contribution in [2.45, 2.75) is 13.2 Å². The number of ether oxygens (including phenoxy) is 3. The van der Waals surface area contributed by atoms with Gasteiger partial charge in [0.1, 0.15) is 5.82 Å². The minimum absolute atomic E-state index is 0.234. The van der Waals surface area contributed by atoms with Gasteiger partial charge in [-0.25, -0.2) is 4.39 Å². The van der Waals surface area contributed by atoms with Crippen molar-refractivity contribution < 1.29 is 18.6 Å². The Labute approximate surface area is 153 Å². The molecule has 26 heavy (non-hydrogen) atoms. The molecular weight excluding hydrogens is 337 g/mol. The normalized spacial score (nSPS) is 11.2. The molecule has 0 aliphatic heterocycles. The molecule has 0 spiro atoms. The van der Waals surface area contributed by atoms with E-state index in [0.717, 1.165) is 11.3 Å². The second-order valence-corrected chi connectivity index (χ2v) is 5.48. The Hall–Kier alpha value is -2.80. The summed E-state index contributed by atoms with van der Waals surface area (Å²) >= 11 is 0. The van der Waals surface area contributed by atoms with Crippen molar-refractivity contribution in [1.82, 2.24) is 5.32 Å². The van der Waals surface area contributed by atoms with Crippen LogP contribution >= 0.6 is 0 Å². The Kier molecular flexibility index (Phi) is 7.23. The number of methoxy groups -OCH3 is 3. The lowest BCUT2D eigenvalue weighted by molar-refractivity contribution is 0.181. The van der Waals surface area contributed by atoms with Gasteiger partial charge in [0.25, 0.3) is 0 Å². The molecule has 0 saturated carbocycles. The molecule has 0 saturated heterocycles. The summed E-state index contributed by atoms with van der Waals surface area (Å²) in [4.78, 5) is 4.20. The van der Waals surface area contributed by atoms with Gasteiger partial charge in [-0.3, -0.25) is 4.99 Å². The van der Waals surface area contributed by atoms with E-state index in [1.165, 1.54) is 6.07 Å². The zero-order valence-electron chi connectivity index (χ0n) is 15.4. The number of hydrogen-bond donors (Lipinski definition) is 2. The fraction of sp³-hybridized carbons (Fsp3) is 0.316. The second-order valence-electron chi connectivity index (χ2n) is 5.48. The lowest BCUT2D eigenvalue weighted by Gasteiger charge is -2.14. The molecule has 0 heterocycles. The van der Waals surface area contributed by atoms with Gasteiger partial charge in [0.05, 0.1) is 20.8 Å². The molecule has 0 amide bonds. The summed E-state index contributed by atoms with van der Waals surface area (Å²) in [6, 6.07) is 10.4. The van der Waals surface area contributed by atoms with Crippen LogP contribution in [0.3, 0.4) is 0 Å². The summed E-state index contributed by atoms with van der Waals surface area (Å²) in [7, 11) is 6.39. The molecule has 7 heteroatoms. The van der Waals surface area contributed by atoms with Gasteiger partial charge in [-0.15, -0.1) is 0 Å². The smallest absolute Gasteiger partial charge is 0.195 e. The van der Waals surface area contributed by atoms with Gasteiger partial charge in [0.15, 0.2) is 17.5 Å². The summed E-state index contributed by atoms with van der Waals surface area (Å²) < 4.78 is 29.2. The minimum Gasteiger partial charge on any atom is -0.493 e. The summed E-state index contributed by atoms with van der Waals surface area (Å²) in [5.41, 5.74) is 2.25. The molecule has 2 rings (SSSR count). The maximum atomic E-state index is 13.7. The number of nitrogens with one attached hydrogen (secondary N) is 2. The molecule has 140 valence electrons. The number of hydrogen-bond acceptors (Lipinski definition) is 4. The number of rotatable bonds is 7. The quantitative estimate of drug-likeness (QED) is 0.586. The van der Waals surface area contributed by atoms with Gasteiger partial charge in [-0.2, -0.15) is 0 Å². The van der Waals surface area contributed by atoms with Crippen molar-refractivity contribution in [3.63, 3.8) is 0 Å². The Balaban J connectivity index is 2.03. The van der Waals surface area contributed by atoms with Gasteiger partial charge in [-0.1, -0.05) is 6.07 Å². The van der Waals surface area contributed by atoms with Gasteiger partial charge >= 0.3 is 0 Å². The van der Waals surface area contributed by atoms with Crippen molar-refractivity contribution >= 4 is 11.6 Å². The van der Waals surface area contributed by atoms with Crippen LogP contribution in [-0.2, 0) is 17.9 Å².